The van der Waals surface area contributed by atoms with Crippen molar-refractivity contribution in [3.8, 4) is 0 Å². The van der Waals surface area contributed by atoms with Crippen molar-refractivity contribution in [2.24, 2.45) is 11.7 Å². The Bertz CT molecular complexity index is 235. The number of piperazine rings is 1. The highest BCUT2D eigenvalue weighted by Gasteiger charge is 2.42. The highest BCUT2D eigenvalue weighted by atomic mass is 16.5. The fraction of sp³-hybridized carbons (Fsp3) is 1.00. The Labute approximate surface area is 106 Å². The number of ether oxygens (including phenoxy) is 1. The minimum Gasteiger partial charge on any atom is -0.383 e. The minimum absolute atomic E-state index is 0.0184. The molecule has 1 saturated heterocycles. The van der Waals surface area contributed by atoms with Crippen LogP contribution in [-0.4, -0.2) is 68.3 Å². The standard InChI is InChI=1S/C13H29N3O/c1-11(2)13(9-14,10-17-5)16-7-6-15(4)8-12(16)3/h11-12H,6-10,14H2,1-5H3. The molecule has 0 amide bonds. The number of nitrogens with zero attached hydrogens (tertiary/aromatic N) is 2. The smallest absolute Gasteiger partial charge is 0.0661 e. The van der Waals surface area contributed by atoms with E-state index in [0.717, 1.165) is 26.2 Å². The molecule has 17 heavy (non-hydrogen) atoms. The van der Waals surface area contributed by atoms with E-state index in [-0.39, 0.29) is 5.54 Å². The molecular weight excluding hydrogens is 214 g/mol. The summed E-state index contributed by atoms with van der Waals surface area (Å²) in [5.74, 6) is 0.498. The Kier molecular flexibility index (Phi) is 5.38. The predicted molar refractivity (Wildman–Crippen MR) is 72.2 cm³/mol. The zero-order valence-corrected chi connectivity index (χ0v) is 12.1. The van der Waals surface area contributed by atoms with Crippen LogP contribution in [0.25, 0.3) is 0 Å². The Balaban J connectivity index is 2.89. The average Bonchev–Trinajstić information content (AvgIpc) is 2.26. The molecule has 0 bridgehead atoms. The molecule has 1 rings (SSSR count). The second-order valence-electron chi connectivity index (χ2n) is 5.70. The monoisotopic (exact) mass is 243 g/mol. The quantitative estimate of drug-likeness (QED) is 0.769. The molecule has 4 nitrogen and oxygen atoms in total. The SMILES string of the molecule is COCC(CN)(C(C)C)N1CCN(C)CC1C. The summed E-state index contributed by atoms with van der Waals surface area (Å²) in [6.45, 7) is 11.5. The largest absolute Gasteiger partial charge is 0.383 e. The van der Waals surface area contributed by atoms with E-state index in [0.29, 0.717) is 18.5 Å². The zero-order chi connectivity index (χ0) is 13.1. The Hall–Kier alpha value is -0.160. The Morgan fingerprint density at radius 2 is 2.06 bits per heavy atom. The van der Waals surface area contributed by atoms with Gasteiger partial charge in [0, 0.05) is 39.3 Å². The third-order valence-corrected chi connectivity index (χ3v) is 4.23. The maximum atomic E-state index is 6.09. The molecule has 0 saturated carbocycles. The second-order valence-corrected chi connectivity index (χ2v) is 5.70. The van der Waals surface area contributed by atoms with Crippen LogP contribution in [0.1, 0.15) is 20.8 Å². The number of hydrogen-bond acceptors (Lipinski definition) is 4. The summed E-state index contributed by atoms with van der Waals surface area (Å²) in [4.78, 5) is 4.94. The topological polar surface area (TPSA) is 41.7 Å². The molecule has 4 heteroatoms. The summed E-state index contributed by atoms with van der Waals surface area (Å²) < 4.78 is 5.45. The number of methoxy groups -OCH3 is 1. The molecule has 1 fully saturated rings. The number of nitrogens with two attached hydrogens (primary N) is 1. The molecule has 2 unspecified atom stereocenters. The van der Waals surface area contributed by atoms with Crippen molar-refractivity contribution in [1.29, 1.82) is 0 Å². The van der Waals surface area contributed by atoms with Gasteiger partial charge in [-0.25, -0.2) is 0 Å². The van der Waals surface area contributed by atoms with Gasteiger partial charge in [0.25, 0.3) is 0 Å². The molecule has 1 aliphatic heterocycles. The van der Waals surface area contributed by atoms with Crippen LogP contribution in [0.15, 0.2) is 0 Å². The van der Waals surface area contributed by atoms with Gasteiger partial charge in [-0.15, -0.1) is 0 Å². The van der Waals surface area contributed by atoms with E-state index in [1.807, 2.05) is 0 Å². The lowest BCUT2D eigenvalue weighted by Crippen LogP contribution is -2.67. The van der Waals surface area contributed by atoms with Crippen LogP contribution < -0.4 is 5.73 Å². The van der Waals surface area contributed by atoms with Gasteiger partial charge in [-0.3, -0.25) is 4.90 Å². The molecule has 0 aliphatic carbocycles. The van der Waals surface area contributed by atoms with Crippen LogP contribution in [0, 0.1) is 5.92 Å². The molecule has 2 atom stereocenters. The third-order valence-electron chi connectivity index (χ3n) is 4.23. The maximum absolute atomic E-state index is 6.09. The van der Waals surface area contributed by atoms with Crippen molar-refractivity contribution in [1.82, 2.24) is 9.80 Å². The van der Waals surface area contributed by atoms with Gasteiger partial charge in [0.1, 0.15) is 0 Å². The fourth-order valence-electron chi connectivity index (χ4n) is 3.04. The molecular formula is C13H29N3O. The van der Waals surface area contributed by atoms with Crippen molar-refractivity contribution < 1.29 is 4.74 Å². The van der Waals surface area contributed by atoms with Gasteiger partial charge in [0.2, 0.25) is 0 Å². The third kappa shape index (κ3) is 2.99. The van der Waals surface area contributed by atoms with Crippen LogP contribution in [0.3, 0.4) is 0 Å². The number of hydrogen-bond donors (Lipinski definition) is 1. The van der Waals surface area contributed by atoms with E-state index in [1.54, 1.807) is 7.11 Å². The molecule has 0 radical (unpaired) electrons. The first-order valence-corrected chi connectivity index (χ1v) is 6.62. The maximum Gasteiger partial charge on any atom is 0.0661 e. The van der Waals surface area contributed by atoms with Crippen molar-refractivity contribution in [2.75, 3.05) is 46.9 Å². The predicted octanol–water partition coefficient (Wildman–Crippen LogP) is 0.622. The minimum atomic E-state index is -0.0184. The van der Waals surface area contributed by atoms with E-state index in [9.17, 15) is 0 Å². The molecule has 0 aromatic heterocycles. The normalized spacial score (nSPS) is 27.4. The molecule has 0 aromatic rings. The van der Waals surface area contributed by atoms with Crippen molar-refractivity contribution in [2.45, 2.75) is 32.4 Å². The van der Waals surface area contributed by atoms with Gasteiger partial charge >= 0.3 is 0 Å². The van der Waals surface area contributed by atoms with Gasteiger partial charge in [-0.05, 0) is 19.9 Å². The first-order valence-electron chi connectivity index (χ1n) is 6.62. The number of rotatable bonds is 5. The number of likely N-dealkylation sites (N-methyl/N-ethyl adjacent to an activating group) is 1. The van der Waals surface area contributed by atoms with E-state index >= 15 is 0 Å². The lowest BCUT2D eigenvalue weighted by Gasteiger charge is -2.52. The van der Waals surface area contributed by atoms with Crippen molar-refractivity contribution >= 4 is 0 Å². The highest BCUT2D eigenvalue weighted by molar-refractivity contribution is 4.98. The van der Waals surface area contributed by atoms with Crippen LogP contribution in [0.5, 0.6) is 0 Å². The van der Waals surface area contributed by atoms with Gasteiger partial charge in [-0.2, -0.15) is 0 Å². The lowest BCUT2D eigenvalue weighted by atomic mass is 9.83. The second kappa shape index (κ2) is 6.14. The van der Waals surface area contributed by atoms with Crippen LogP contribution in [-0.2, 0) is 4.74 Å². The Morgan fingerprint density at radius 3 is 2.47 bits per heavy atom. The Morgan fingerprint density at radius 1 is 1.41 bits per heavy atom. The fourth-order valence-corrected chi connectivity index (χ4v) is 3.04. The molecule has 1 heterocycles. The summed E-state index contributed by atoms with van der Waals surface area (Å²) in [6.07, 6.45) is 0. The average molecular weight is 243 g/mol. The summed E-state index contributed by atoms with van der Waals surface area (Å²) >= 11 is 0. The van der Waals surface area contributed by atoms with Crippen LogP contribution in [0.2, 0.25) is 0 Å². The van der Waals surface area contributed by atoms with E-state index in [1.165, 1.54) is 0 Å². The molecule has 2 N–H and O–H groups in total. The van der Waals surface area contributed by atoms with E-state index < -0.39 is 0 Å². The molecule has 0 spiro atoms. The lowest BCUT2D eigenvalue weighted by molar-refractivity contribution is -0.0621. The van der Waals surface area contributed by atoms with Gasteiger partial charge in [0.05, 0.1) is 12.1 Å². The first kappa shape index (κ1) is 14.9. The van der Waals surface area contributed by atoms with Crippen molar-refractivity contribution in [3.63, 3.8) is 0 Å². The highest BCUT2D eigenvalue weighted by Crippen LogP contribution is 2.28. The van der Waals surface area contributed by atoms with E-state index in [2.05, 4.69) is 37.6 Å². The van der Waals surface area contributed by atoms with Crippen LogP contribution >= 0.6 is 0 Å². The molecule has 0 aromatic carbocycles. The van der Waals surface area contributed by atoms with E-state index in [4.69, 9.17) is 10.5 Å². The summed E-state index contributed by atoms with van der Waals surface area (Å²) in [5.41, 5.74) is 6.07. The van der Waals surface area contributed by atoms with Gasteiger partial charge < -0.3 is 15.4 Å². The first-order chi connectivity index (χ1) is 7.97. The summed E-state index contributed by atoms with van der Waals surface area (Å²) in [6, 6.07) is 0.537. The van der Waals surface area contributed by atoms with Gasteiger partial charge in [0.15, 0.2) is 0 Å². The summed E-state index contributed by atoms with van der Waals surface area (Å²) in [7, 11) is 3.96. The summed E-state index contributed by atoms with van der Waals surface area (Å²) in [5, 5.41) is 0. The molecule has 1 aliphatic rings. The van der Waals surface area contributed by atoms with Gasteiger partial charge in [-0.1, -0.05) is 13.8 Å². The van der Waals surface area contributed by atoms with Crippen molar-refractivity contribution in [3.05, 3.63) is 0 Å². The van der Waals surface area contributed by atoms with Crippen LogP contribution in [0.4, 0.5) is 0 Å². The zero-order valence-electron chi connectivity index (χ0n) is 12.1. The molecule has 102 valence electrons.